The van der Waals surface area contributed by atoms with Crippen molar-refractivity contribution >= 4 is 29.3 Å². The van der Waals surface area contributed by atoms with Crippen molar-refractivity contribution < 1.29 is 19.1 Å². The van der Waals surface area contributed by atoms with E-state index in [9.17, 15) is 14.4 Å². The van der Waals surface area contributed by atoms with Gasteiger partial charge in [0.15, 0.2) is 0 Å². The van der Waals surface area contributed by atoms with Crippen molar-refractivity contribution in [2.24, 2.45) is 0 Å². The van der Waals surface area contributed by atoms with E-state index in [1.807, 2.05) is 25.1 Å². The van der Waals surface area contributed by atoms with E-state index in [0.29, 0.717) is 55.2 Å². The number of amides is 3. The van der Waals surface area contributed by atoms with Crippen LogP contribution in [0.2, 0.25) is 5.02 Å². The Labute approximate surface area is 210 Å². The third-order valence-corrected chi connectivity index (χ3v) is 6.84. The molecule has 0 bridgehead atoms. The lowest BCUT2D eigenvalue weighted by Crippen LogP contribution is -2.60. The number of likely N-dealkylation sites (N-methyl/N-ethyl adjacent to an activating group) is 1. The van der Waals surface area contributed by atoms with Crippen LogP contribution in [-0.4, -0.2) is 91.1 Å². The number of likely N-dealkylation sites (tertiary alicyclic amines) is 1. The lowest BCUT2D eigenvalue weighted by atomic mass is 9.96. The van der Waals surface area contributed by atoms with E-state index < -0.39 is 11.8 Å². The van der Waals surface area contributed by atoms with Crippen LogP contribution in [-0.2, 0) is 9.53 Å². The number of carbonyl (C=O) groups is 3. The Hall–Kier alpha value is -2.94. The van der Waals surface area contributed by atoms with Crippen molar-refractivity contribution in [2.45, 2.75) is 24.6 Å². The first-order valence-corrected chi connectivity index (χ1v) is 12.2. The summed E-state index contributed by atoms with van der Waals surface area (Å²) < 4.78 is 6.23. The van der Waals surface area contributed by atoms with Gasteiger partial charge in [-0.3, -0.25) is 19.3 Å². The lowest BCUT2D eigenvalue weighted by molar-refractivity contribution is -0.128. The van der Waals surface area contributed by atoms with Crippen LogP contribution < -0.4 is 5.32 Å². The van der Waals surface area contributed by atoms with Crippen LogP contribution in [0.3, 0.4) is 0 Å². The molecule has 2 saturated heterocycles. The van der Waals surface area contributed by atoms with Gasteiger partial charge in [0, 0.05) is 55.2 Å². The second-order valence-corrected chi connectivity index (χ2v) is 9.64. The molecule has 0 aromatic heterocycles. The maximum Gasteiger partial charge on any atom is 0.256 e. The van der Waals surface area contributed by atoms with E-state index in [0.717, 1.165) is 0 Å². The van der Waals surface area contributed by atoms with Crippen molar-refractivity contribution in [3.05, 3.63) is 70.7 Å². The summed E-state index contributed by atoms with van der Waals surface area (Å²) in [6.45, 7) is 2.12. The van der Waals surface area contributed by atoms with E-state index in [-0.39, 0.29) is 24.3 Å². The summed E-state index contributed by atoms with van der Waals surface area (Å²) in [7, 11) is 3.87. The minimum atomic E-state index is -0.937. The Kier molecular flexibility index (Phi) is 7.74. The largest absolute Gasteiger partial charge is 0.353 e. The van der Waals surface area contributed by atoms with E-state index in [2.05, 4.69) is 5.32 Å². The number of nitrogens with one attached hydrogen (secondary N) is 1. The molecule has 2 aromatic carbocycles. The second-order valence-electron chi connectivity index (χ2n) is 9.21. The molecule has 0 radical (unpaired) electrons. The van der Waals surface area contributed by atoms with Crippen molar-refractivity contribution in [3.8, 4) is 0 Å². The number of nitrogens with zero attached hydrogens (tertiary/aromatic N) is 3. The predicted molar refractivity (Wildman–Crippen MR) is 133 cm³/mol. The highest BCUT2D eigenvalue weighted by Gasteiger charge is 2.54. The zero-order chi connectivity index (χ0) is 25.0. The van der Waals surface area contributed by atoms with Gasteiger partial charge >= 0.3 is 0 Å². The van der Waals surface area contributed by atoms with Crippen molar-refractivity contribution in [1.82, 2.24) is 20.0 Å². The highest BCUT2D eigenvalue weighted by Crippen LogP contribution is 2.38. The van der Waals surface area contributed by atoms with Gasteiger partial charge in [-0.2, -0.15) is 0 Å². The summed E-state index contributed by atoms with van der Waals surface area (Å²) in [6, 6.07) is 15.0. The first kappa shape index (κ1) is 25.2. The molecule has 2 aromatic rings. The molecular formula is C26H31ClN4O4. The molecule has 2 aliphatic rings. The normalized spacial score (nSPS) is 19.3. The molecule has 2 aliphatic heterocycles. The Morgan fingerprint density at radius 1 is 1.00 bits per heavy atom. The van der Waals surface area contributed by atoms with Crippen LogP contribution in [0.5, 0.6) is 0 Å². The van der Waals surface area contributed by atoms with Crippen LogP contribution in [0.15, 0.2) is 54.6 Å². The van der Waals surface area contributed by atoms with Crippen molar-refractivity contribution in [3.63, 3.8) is 0 Å². The van der Waals surface area contributed by atoms with Crippen LogP contribution >= 0.6 is 11.6 Å². The molecule has 35 heavy (non-hydrogen) atoms. The van der Waals surface area contributed by atoms with E-state index in [1.165, 1.54) is 0 Å². The third-order valence-electron chi connectivity index (χ3n) is 6.58. The van der Waals surface area contributed by atoms with Gasteiger partial charge in [0.25, 0.3) is 11.8 Å². The number of halogens is 1. The average Bonchev–Trinajstić information content (AvgIpc) is 3.23. The SMILES string of the molecule is CN(C)CCNC(=O)C1COC2(CCN(C(=O)c3ccc(Cl)cc3)CC2)N1C(=O)c1ccccc1. The van der Waals surface area contributed by atoms with E-state index in [1.54, 1.807) is 58.3 Å². The standard InChI is InChI=1S/C26H31ClN4O4/c1-29(2)17-14-28-23(32)22-18-35-26(31(22)25(34)19-6-4-3-5-7-19)12-15-30(16-13-26)24(33)20-8-10-21(27)11-9-20/h3-11,22H,12-18H2,1-2H3,(H,28,32). The Balaban J connectivity index is 1.52. The van der Waals surface area contributed by atoms with E-state index >= 15 is 0 Å². The Morgan fingerprint density at radius 2 is 1.63 bits per heavy atom. The fourth-order valence-corrected chi connectivity index (χ4v) is 4.77. The zero-order valence-corrected chi connectivity index (χ0v) is 20.8. The molecule has 1 N–H and O–H groups in total. The third kappa shape index (κ3) is 5.50. The minimum Gasteiger partial charge on any atom is -0.353 e. The molecule has 1 spiro atoms. The summed E-state index contributed by atoms with van der Waals surface area (Å²) in [5.41, 5.74) is 0.129. The molecular weight excluding hydrogens is 468 g/mol. The van der Waals surface area contributed by atoms with Gasteiger partial charge in [-0.15, -0.1) is 0 Å². The Morgan fingerprint density at radius 3 is 2.26 bits per heavy atom. The van der Waals surface area contributed by atoms with Crippen LogP contribution in [0, 0.1) is 0 Å². The molecule has 9 heteroatoms. The summed E-state index contributed by atoms with van der Waals surface area (Å²) in [5.74, 6) is -0.561. The summed E-state index contributed by atoms with van der Waals surface area (Å²) in [5, 5.41) is 3.51. The molecule has 8 nitrogen and oxygen atoms in total. The minimum absolute atomic E-state index is 0.0894. The smallest absolute Gasteiger partial charge is 0.256 e. The molecule has 2 heterocycles. The zero-order valence-electron chi connectivity index (χ0n) is 20.1. The highest BCUT2D eigenvalue weighted by atomic mass is 35.5. The number of piperidine rings is 1. The molecule has 186 valence electrons. The predicted octanol–water partition coefficient (Wildman–Crippen LogP) is 2.49. The van der Waals surface area contributed by atoms with Crippen LogP contribution in [0.25, 0.3) is 0 Å². The molecule has 1 unspecified atom stereocenters. The number of hydrogen-bond acceptors (Lipinski definition) is 5. The van der Waals surface area contributed by atoms with Gasteiger partial charge < -0.3 is 19.9 Å². The first-order valence-electron chi connectivity index (χ1n) is 11.8. The Bertz CT molecular complexity index is 1050. The average molecular weight is 499 g/mol. The van der Waals surface area contributed by atoms with Gasteiger partial charge in [-0.1, -0.05) is 29.8 Å². The number of rotatable bonds is 6. The monoisotopic (exact) mass is 498 g/mol. The molecule has 1 atom stereocenters. The number of carbonyl (C=O) groups excluding carboxylic acids is 3. The fraction of sp³-hybridized carbons (Fsp3) is 0.423. The topological polar surface area (TPSA) is 82.2 Å². The number of benzene rings is 2. The number of ether oxygens (including phenoxy) is 1. The number of hydrogen-bond donors (Lipinski definition) is 1. The van der Waals surface area contributed by atoms with Gasteiger partial charge in [0.1, 0.15) is 11.8 Å². The molecule has 0 aliphatic carbocycles. The van der Waals surface area contributed by atoms with Gasteiger partial charge in [0.2, 0.25) is 5.91 Å². The summed E-state index contributed by atoms with van der Waals surface area (Å²) in [4.78, 5) is 45.1. The molecule has 4 rings (SSSR count). The van der Waals surface area contributed by atoms with Crippen molar-refractivity contribution in [2.75, 3.05) is 46.9 Å². The van der Waals surface area contributed by atoms with Gasteiger partial charge in [-0.25, -0.2) is 0 Å². The summed E-state index contributed by atoms with van der Waals surface area (Å²) >= 11 is 5.95. The maximum atomic E-state index is 13.7. The van der Waals surface area contributed by atoms with Gasteiger partial charge in [0.05, 0.1) is 6.61 Å². The van der Waals surface area contributed by atoms with Crippen LogP contribution in [0.1, 0.15) is 33.6 Å². The lowest BCUT2D eigenvalue weighted by Gasteiger charge is -2.44. The fourth-order valence-electron chi connectivity index (χ4n) is 4.64. The van der Waals surface area contributed by atoms with Crippen LogP contribution in [0.4, 0.5) is 0 Å². The second kappa shape index (κ2) is 10.8. The maximum absolute atomic E-state index is 13.7. The first-order chi connectivity index (χ1) is 16.8. The van der Waals surface area contributed by atoms with E-state index in [4.69, 9.17) is 16.3 Å². The van der Waals surface area contributed by atoms with Gasteiger partial charge in [-0.05, 0) is 50.5 Å². The van der Waals surface area contributed by atoms with Crippen molar-refractivity contribution in [1.29, 1.82) is 0 Å². The quantitative estimate of drug-likeness (QED) is 0.661. The molecule has 3 amide bonds. The molecule has 2 fully saturated rings. The molecule has 0 saturated carbocycles. The highest BCUT2D eigenvalue weighted by molar-refractivity contribution is 6.30. The summed E-state index contributed by atoms with van der Waals surface area (Å²) in [6.07, 6.45) is 0.846.